The Bertz CT molecular complexity index is 1230. The van der Waals surface area contributed by atoms with E-state index in [1.807, 2.05) is 30.9 Å². The minimum absolute atomic E-state index is 0.104. The number of aryl methyl sites for hydroxylation is 1. The molecule has 0 radical (unpaired) electrons. The number of hydrogen-bond donors (Lipinski definition) is 2. The molecule has 0 spiro atoms. The quantitative estimate of drug-likeness (QED) is 0.530. The number of aromatic nitrogens is 1. The van der Waals surface area contributed by atoms with Crippen molar-refractivity contribution in [3.63, 3.8) is 0 Å². The number of ether oxygens (including phenoxy) is 1. The zero-order chi connectivity index (χ0) is 24.9. The van der Waals surface area contributed by atoms with Gasteiger partial charge in [0.15, 0.2) is 0 Å². The van der Waals surface area contributed by atoms with Gasteiger partial charge in [-0.05, 0) is 54.3 Å². The number of carbonyl (C=O) groups excluding carboxylic acids is 2. The number of morpholine rings is 1. The first-order valence-corrected chi connectivity index (χ1v) is 11.7. The number of nitrogens with zero attached hydrogens (tertiary/aromatic N) is 2. The molecule has 0 atom stereocenters. The summed E-state index contributed by atoms with van der Waals surface area (Å²) in [5, 5.41) is 9.50. The van der Waals surface area contributed by atoms with Crippen molar-refractivity contribution < 1.29 is 23.2 Å². The molecule has 4 rings (SSSR count). The summed E-state index contributed by atoms with van der Waals surface area (Å²) in [6.45, 7) is 6.48. The van der Waals surface area contributed by atoms with Gasteiger partial charge in [0.1, 0.15) is 11.5 Å². The Morgan fingerprint density at radius 2 is 1.80 bits per heavy atom. The Morgan fingerprint density at radius 3 is 2.49 bits per heavy atom. The van der Waals surface area contributed by atoms with Crippen molar-refractivity contribution in [1.29, 1.82) is 0 Å². The van der Waals surface area contributed by atoms with Gasteiger partial charge >= 0.3 is 0 Å². The molecule has 35 heavy (non-hydrogen) atoms. The second-order valence-electron chi connectivity index (χ2n) is 8.28. The van der Waals surface area contributed by atoms with Crippen LogP contribution in [0.1, 0.15) is 45.9 Å². The standard InChI is InChI=1S/C26H29FN4O4/c1-4-16-11-19(14-22(21(16)5-2)23-15-24(35-30-23)26(33)28-3)29-25(32)17-10-18(27)13-20(12-17)31-6-8-34-9-7-31/h10-15H,4-9H2,1-3H3,(H,28,33)(H,29,32). The molecule has 1 aliphatic rings. The van der Waals surface area contributed by atoms with E-state index in [-0.39, 0.29) is 17.2 Å². The molecular formula is C26H29FN4O4. The average Bonchev–Trinajstić information content (AvgIpc) is 3.38. The molecule has 0 aliphatic carbocycles. The number of anilines is 2. The fourth-order valence-corrected chi connectivity index (χ4v) is 4.31. The summed E-state index contributed by atoms with van der Waals surface area (Å²) >= 11 is 0. The number of halogens is 1. The third-order valence-corrected chi connectivity index (χ3v) is 6.09. The molecular weight excluding hydrogens is 451 g/mol. The molecule has 0 bridgehead atoms. The van der Waals surface area contributed by atoms with Gasteiger partial charge in [-0.15, -0.1) is 0 Å². The second-order valence-corrected chi connectivity index (χ2v) is 8.28. The van der Waals surface area contributed by atoms with E-state index in [9.17, 15) is 14.0 Å². The molecule has 3 aromatic rings. The van der Waals surface area contributed by atoms with Crippen LogP contribution >= 0.6 is 0 Å². The van der Waals surface area contributed by atoms with Gasteiger partial charge in [-0.2, -0.15) is 0 Å². The Labute approximate surface area is 203 Å². The summed E-state index contributed by atoms with van der Waals surface area (Å²) in [6.07, 6.45) is 1.48. The van der Waals surface area contributed by atoms with Gasteiger partial charge in [0.2, 0.25) is 5.76 Å². The van der Waals surface area contributed by atoms with Crippen molar-refractivity contribution in [2.75, 3.05) is 43.6 Å². The first-order valence-electron chi connectivity index (χ1n) is 11.7. The van der Waals surface area contributed by atoms with Crippen molar-refractivity contribution in [2.24, 2.45) is 0 Å². The first-order chi connectivity index (χ1) is 16.9. The predicted octanol–water partition coefficient (Wildman–Crippen LogP) is 4.05. The van der Waals surface area contributed by atoms with E-state index in [1.165, 1.54) is 19.2 Å². The first kappa shape index (κ1) is 24.4. The largest absolute Gasteiger partial charge is 0.378 e. The molecule has 1 fully saturated rings. The van der Waals surface area contributed by atoms with Gasteiger partial charge < -0.3 is 24.8 Å². The maximum Gasteiger partial charge on any atom is 0.289 e. The van der Waals surface area contributed by atoms with Crippen LogP contribution < -0.4 is 15.5 Å². The summed E-state index contributed by atoms with van der Waals surface area (Å²) in [6, 6.07) is 9.67. The van der Waals surface area contributed by atoms with E-state index >= 15 is 0 Å². The summed E-state index contributed by atoms with van der Waals surface area (Å²) in [4.78, 5) is 27.1. The monoisotopic (exact) mass is 480 g/mol. The fourth-order valence-electron chi connectivity index (χ4n) is 4.31. The normalized spacial score (nSPS) is 13.5. The average molecular weight is 481 g/mol. The maximum atomic E-state index is 14.4. The third-order valence-electron chi connectivity index (χ3n) is 6.09. The number of amides is 2. The highest BCUT2D eigenvalue weighted by Gasteiger charge is 2.19. The van der Waals surface area contributed by atoms with E-state index in [1.54, 1.807) is 12.1 Å². The van der Waals surface area contributed by atoms with E-state index in [0.717, 1.165) is 29.5 Å². The minimum atomic E-state index is -0.472. The second kappa shape index (κ2) is 10.7. The Hall–Kier alpha value is -3.72. The van der Waals surface area contributed by atoms with Crippen molar-refractivity contribution in [3.05, 3.63) is 64.7 Å². The number of carbonyl (C=O) groups is 2. The van der Waals surface area contributed by atoms with Crippen LogP contribution in [0.3, 0.4) is 0 Å². The maximum absolute atomic E-state index is 14.4. The lowest BCUT2D eigenvalue weighted by atomic mass is 9.94. The summed E-state index contributed by atoms with van der Waals surface area (Å²) < 4.78 is 25.0. The van der Waals surface area contributed by atoms with Crippen molar-refractivity contribution in [3.8, 4) is 11.3 Å². The summed E-state index contributed by atoms with van der Waals surface area (Å²) in [7, 11) is 1.52. The SMILES string of the molecule is CCc1cc(NC(=O)c2cc(F)cc(N3CCOCC3)c2)cc(-c2cc(C(=O)NC)on2)c1CC. The zero-order valence-electron chi connectivity index (χ0n) is 20.1. The molecule has 8 nitrogen and oxygen atoms in total. The number of benzene rings is 2. The molecule has 1 aliphatic heterocycles. The predicted molar refractivity (Wildman–Crippen MR) is 131 cm³/mol. The molecule has 2 heterocycles. The van der Waals surface area contributed by atoms with Crippen LogP contribution in [0.4, 0.5) is 15.8 Å². The molecule has 2 aromatic carbocycles. The fraction of sp³-hybridized carbons (Fsp3) is 0.346. The van der Waals surface area contributed by atoms with E-state index < -0.39 is 11.7 Å². The molecule has 0 unspecified atom stereocenters. The highest BCUT2D eigenvalue weighted by atomic mass is 19.1. The molecule has 9 heteroatoms. The summed E-state index contributed by atoms with van der Waals surface area (Å²) in [5.41, 5.74) is 4.82. The lowest BCUT2D eigenvalue weighted by molar-refractivity contribution is 0.0926. The summed E-state index contributed by atoms with van der Waals surface area (Å²) in [5.74, 6) is -1.15. The molecule has 0 saturated carbocycles. The lowest BCUT2D eigenvalue weighted by Gasteiger charge is -2.29. The van der Waals surface area contributed by atoms with Crippen molar-refractivity contribution in [1.82, 2.24) is 10.5 Å². The molecule has 2 N–H and O–H groups in total. The van der Waals surface area contributed by atoms with Crippen molar-refractivity contribution in [2.45, 2.75) is 26.7 Å². The highest BCUT2D eigenvalue weighted by Crippen LogP contribution is 2.31. The minimum Gasteiger partial charge on any atom is -0.378 e. The number of rotatable bonds is 7. The van der Waals surface area contributed by atoms with Gasteiger partial charge in [-0.25, -0.2) is 4.39 Å². The Morgan fingerprint density at radius 1 is 1.03 bits per heavy atom. The van der Waals surface area contributed by atoms with Crippen LogP contribution in [0.15, 0.2) is 40.9 Å². The number of hydrogen-bond acceptors (Lipinski definition) is 6. The number of nitrogens with one attached hydrogen (secondary N) is 2. The van der Waals surface area contributed by atoms with Crippen LogP contribution in [0.25, 0.3) is 11.3 Å². The van der Waals surface area contributed by atoms with Gasteiger partial charge in [-0.3, -0.25) is 9.59 Å². The van der Waals surface area contributed by atoms with E-state index in [0.29, 0.717) is 43.4 Å². The van der Waals surface area contributed by atoms with Gasteiger partial charge in [-0.1, -0.05) is 19.0 Å². The molecule has 1 saturated heterocycles. The van der Waals surface area contributed by atoms with Crippen LogP contribution in [0, 0.1) is 5.82 Å². The van der Waals surface area contributed by atoms with Gasteiger partial charge in [0.05, 0.1) is 13.2 Å². The third kappa shape index (κ3) is 5.35. The smallest absolute Gasteiger partial charge is 0.289 e. The van der Waals surface area contributed by atoms with Crippen LogP contribution in [-0.2, 0) is 17.6 Å². The van der Waals surface area contributed by atoms with Crippen LogP contribution in [0.5, 0.6) is 0 Å². The highest BCUT2D eigenvalue weighted by molar-refractivity contribution is 6.05. The Kier molecular flexibility index (Phi) is 7.45. The van der Waals surface area contributed by atoms with Gasteiger partial charge in [0.25, 0.3) is 11.8 Å². The van der Waals surface area contributed by atoms with Crippen LogP contribution in [-0.4, -0.2) is 50.3 Å². The zero-order valence-corrected chi connectivity index (χ0v) is 20.1. The van der Waals surface area contributed by atoms with Crippen molar-refractivity contribution >= 4 is 23.2 Å². The Balaban J connectivity index is 1.66. The molecule has 184 valence electrons. The van der Waals surface area contributed by atoms with E-state index in [4.69, 9.17) is 9.26 Å². The molecule has 2 amide bonds. The van der Waals surface area contributed by atoms with Crippen LogP contribution in [0.2, 0.25) is 0 Å². The lowest BCUT2D eigenvalue weighted by Crippen LogP contribution is -2.36. The topological polar surface area (TPSA) is 96.7 Å². The van der Waals surface area contributed by atoms with Gasteiger partial charge in [0, 0.05) is 48.7 Å². The van der Waals surface area contributed by atoms with E-state index in [2.05, 4.69) is 15.8 Å². The molecule has 1 aromatic heterocycles.